The maximum Gasteiger partial charge on any atom is 0.246 e. The number of aromatic nitrogens is 5. The number of likely N-dealkylation sites (tertiary alicyclic amines) is 1. The molecule has 12 heteroatoms. The van der Waals surface area contributed by atoms with Crippen molar-refractivity contribution in [3.8, 4) is 17.2 Å². The number of aromatic amines is 1. The van der Waals surface area contributed by atoms with Gasteiger partial charge in [-0.3, -0.25) is 14.6 Å². The molecule has 7 rings (SSSR count). The number of nitriles is 1. The number of hydrogen-bond donors (Lipinski definition) is 1. The first-order valence-corrected chi connectivity index (χ1v) is 17.7. The molecule has 2 saturated heterocycles. The summed E-state index contributed by atoms with van der Waals surface area (Å²) < 4.78 is 19.5. The van der Waals surface area contributed by atoms with Crippen molar-refractivity contribution in [1.82, 2.24) is 39.7 Å². The smallest absolute Gasteiger partial charge is 0.246 e. The van der Waals surface area contributed by atoms with Crippen molar-refractivity contribution in [1.29, 1.82) is 5.26 Å². The summed E-state index contributed by atoms with van der Waals surface area (Å²) in [7, 11) is 8.08. The third-order valence-corrected chi connectivity index (χ3v) is 11.3. The minimum atomic E-state index is -0.361. The molecule has 11 nitrogen and oxygen atoms in total. The zero-order valence-corrected chi connectivity index (χ0v) is 30.9. The molecular weight excluding hydrogens is 643 g/mol. The van der Waals surface area contributed by atoms with Crippen LogP contribution in [0.3, 0.4) is 0 Å². The van der Waals surface area contributed by atoms with E-state index in [1.807, 2.05) is 61.6 Å². The molecule has 0 bridgehead atoms. The van der Waals surface area contributed by atoms with Gasteiger partial charge in [0, 0.05) is 54.6 Å². The predicted molar refractivity (Wildman–Crippen MR) is 200 cm³/mol. The largest absolute Gasteiger partial charge is 0.352 e. The summed E-state index contributed by atoms with van der Waals surface area (Å²) in [6.07, 6.45) is 8.56. The monoisotopic (exact) mass is 690 g/mol. The lowest BCUT2D eigenvalue weighted by molar-refractivity contribution is -0.130. The maximum atomic E-state index is 17.4. The summed E-state index contributed by atoms with van der Waals surface area (Å²) >= 11 is 0. The molecule has 1 N–H and O–H groups in total. The zero-order valence-electron chi connectivity index (χ0n) is 30.9. The Labute approximate surface area is 298 Å². The highest BCUT2D eigenvalue weighted by Crippen LogP contribution is 2.44. The van der Waals surface area contributed by atoms with E-state index in [1.165, 1.54) is 0 Å². The molecule has 0 saturated carbocycles. The number of nitrogens with one attached hydrogen (secondary N) is 1. The number of aryl methyl sites for hydroxylation is 2. The van der Waals surface area contributed by atoms with Crippen LogP contribution in [0.15, 0.2) is 36.7 Å². The lowest BCUT2D eigenvalue weighted by Crippen LogP contribution is -2.67. The first-order chi connectivity index (χ1) is 24.3. The molecule has 5 heterocycles. The summed E-state index contributed by atoms with van der Waals surface area (Å²) in [6, 6.07) is 6.06. The molecule has 0 unspecified atom stereocenters. The summed E-state index contributed by atoms with van der Waals surface area (Å²) in [5, 5.41) is 24.6. The van der Waals surface area contributed by atoms with Crippen molar-refractivity contribution < 1.29 is 9.18 Å². The molecule has 2 fully saturated rings. The van der Waals surface area contributed by atoms with Crippen LogP contribution in [0.4, 0.5) is 10.2 Å². The highest BCUT2D eigenvalue weighted by molar-refractivity contribution is 6.11. The Kier molecular flexibility index (Phi) is 8.84. The lowest BCUT2D eigenvalue weighted by atomic mass is 9.89. The summed E-state index contributed by atoms with van der Waals surface area (Å²) in [5.74, 6) is 0.279. The SMILES string of the molecule is Cc1cc2[nH]ncc2c(-c2c(C)cc3c(nc(N4CC(C)(N(C)C)C4)c4cnn([C@H]5CCN(C(=O)/C=C/CN(C)C)[C@H](CC#N)C5)c43)c2F)c1C. The topological polar surface area (TPSA) is 113 Å². The molecule has 0 radical (unpaired) electrons. The molecule has 2 aromatic carbocycles. The molecule has 2 atom stereocenters. The Balaban J connectivity index is 1.38. The second-order valence-electron chi connectivity index (χ2n) is 15.2. The third kappa shape index (κ3) is 5.82. The van der Waals surface area contributed by atoms with Crippen molar-refractivity contribution in [2.45, 2.75) is 64.6 Å². The van der Waals surface area contributed by atoms with E-state index in [0.29, 0.717) is 42.4 Å². The van der Waals surface area contributed by atoms with Crippen LogP contribution < -0.4 is 4.90 Å². The highest BCUT2D eigenvalue weighted by Gasteiger charge is 2.42. The molecular formula is C39H47FN10O. The van der Waals surface area contributed by atoms with Crippen LogP contribution >= 0.6 is 0 Å². The quantitative estimate of drug-likeness (QED) is 0.201. The van der Waals surface area contributed by atoms with Crippen molar-refractivity contribution in [2.24, 2.45) is 0 Å². The number of anilines is 1. The van der Waals surface area contributed by atoms with Gasteiger partial charge in [-0.1, -0.05) is 6.08 Å². The van der Waals surface area contributed by atoms with Gasteiger partial charge < -0.3 is 19.6 Å². The van der Waals surface area contributed by atoms with Crippen molar-refractivity contribution in [2.75, 3.05) is 59.3 Å². The highest BCUT2D eigenvalue weighted by atomic mass is 19.1. The van der Waals surface area contributed by atoms with Gasteiger partial charge in [-0.25, -0.2) is 9.37 Å². The number of rotatable bonds is 8. The van der Waals surface area contributed by atoms with Gasteiger partial charge in [-0.15, -0.1) is 0 Å². The minimum absolute atomic E-state index is 0.0353. The molecule has 2 aliphatic heterocycles. The molecule has 2 aliphatic rings. The van der Waals surface area contributed by atoms with Gasteiger partial charge in [0.1, 0.15) is 11.3 Å². The van der Waals surface area contributed by atoms with Crippen LogP contribution in [0.25, 0.3) is 43.8 Å². The fraction of sp³-hybridized carbons (Fsp3) is 0.462. The molecule has 0 spiro atoms. The normalized spacial score (nSPS) is 19.3. The number of fused-ring (bicyclic) bond motifs is 4. The van der Waals surface area contributed by atoms with E-state index in [0.717, 1.165) is 63.0 Å². The number of carbonyl (C=O) groups excluding carboxylic acids is 1. The average molecular weight is 691 g/mol. The van der Waals surface area contributed by atoms with Crippen LogP contribution in [-0.4, -0.2) is 112 Å². The van der Waals surface area contributed by atoms with E-state index in [9.17, 15) is 10.1 Å². The number of amides is 1. The zero-order chi connectivity index (χ0) is 36.4. The van der Waals surface area contributed by atoms with Gasteiger partial charge >= 0.3 is 0 Å². The van der Waals surface area contributed by atoms with Crippen LogP contribution in [0, 0.1) is 37.9 Å². The lowest BCUT2D eigenvalue weighted by Gasteiger charge is -2.52. The summed E-state index contributed by atoms with van der Waals surface area (Å²) in [6.45, 7) is 10.9. The van der Waals surface area contributed by atoms with Crippen LogP contribution in [0.2, 0.25) is 0 Å². The van der Waals surface area contributed by atoms with E-state index in [2.05, 4.69) is 59.2 Å². The number of benzene rings is 2. The number of likely N-dealkylation sites (N-methyl/N-ethyl adjacent to an activating group) is 2. The fourth-order valence-corrected chi connectivity index (χ4v) is 8.00. The van der Waals surface area contributed by atoms with Gasteiger partial charge in [0.15, 0.2) is 5.82 Å². The number of carbonyl (C=O) groups is 1. The standard InChI is InChI=1S/C39H47FN10O/c1-23-17-31-29(19-42-45-31)34(25(23)3)33-24(2)16-28-36(35(33)40)44-38(48-21-39(4,22-48)47(7)8)30-20-43-50(37(28)30)27-12-15-49(26(18-27)11-13-41)32(51)10-9-14-46(5)6/h9-10,16-17,19-20,26-27H,11-12,14-15,18,21-22H2,1-8H3,(H,42,45)/b10-9+/t26-,27+/m1/s1. The first-order valence-electron chi connectivity index (χ1n) is 17.7. The van der Waals surface area contributed by atoms with Crippen molar-refractivity contribution in [3.05, 3.63) is 59.2 Å². The molecule has 51 heavy (non-hydrogen) atoms. The molecule has 3 aromatic heterocycles. The third-order valence-electron chi connectivity index (χ3n) is 11.3. The van der Waals surface area contributed by atoms with Crippen LogP contribution in [-0.2, 0) is 4.79 Å². The number of H-pyrrole nitrogens is 1. The van der Waals surface area contributed by atoms with E-state index < -0.39 is 0 Å². The van der Waals surface area contributed by atoms with E-state index >= 15 is 4.39 Å². The Morgan fingerprint density at radius 2 is 1.86 bits per heavy atom. The van der Waals surface area contributed by atoms with Crippen molar-refractivity contribution in [3.63, 3.8) is 0 Å². The number of hydrogen-bond acceptors (Lipinski definition) is 8. The average Bonchev–Trinajstić information content (AvgIpc) is 3.72. The van der Waals surface area contributed by atoms with E-state index in [4.69, 9.17) is 10.1 Å². The molecule has 266 valence electrons. The fourth-order valence-electron chi connectivity index (χ4n) is 8.00. The van der Waals surface area contributed by atoms with Crippen LogP contribution in [0.5, 0.6) is 0 Å². The maximum absolute atomic E-state index is 17.4. The first kappa shape index (κ1) is 34.6. The number of pyridine rings is 1. The Bertz CT molecular complexity index is 2240. The summed E-state index contributed by atoms with van der Waals surface area (Å²) in [4.78, 5) is 26.6. The number of halogens is 1. The van der Waals surface area contributed by atoms with E-state index in [-0.39, 0.29) is 35.8 Å². The Morgan fingerprint density at radius 1 is 1.10 bits per heavy atom. The van der Waals surface area contributed by atoms with Gasteiger partial charge in [-0.05, 0) is 103 Å². The van der Waals surface area contributed by atoms with Gasteiger partial charge in [0.05, 0.1) is 52.9 Å². The molecule has 1 amide bonds. The second-order valence-corrected chi connectivity index (χ2v) is 15.2. The predicted octanol–water partition coefficient (Wildman–Crippen LogP) is 5.90. The summed E-state index contributed by atoms with van der Waals surface area (Å²) in [5.41, 5.74) is 6.19. The van der Waals surface area contributed by atoms with Gasteiger partial charge in [0.2, 0.25) is 5.91 Å². The van der Waals surface area contributed by atoms with E-state index in [1.54, 1.807) is 12.3 Å². The molecule has 5 aromatic rings. The minimum Gasteiger partial charge on any atom is -0.352 e. The van der Waals surface area contributed by atoms with Gasteiger partial charge in [-0.2, -0.15) is 15.5 Å². The number of nitrogens with zero attached hydrogens (tertiary/aromatic N) is 9. The molecule has 0 aliphatic carbocycles. The Morgan fingerprint density at radius 3 is 2.57 bits per heavy atom. The Hall–Kier alpha value is -4.86. The van der Waals surface area contributed by atoms with Gasteiger partial charge in [0.25, 0.3) is 0 Å². The number of piperidine rings is 1. The second kappa shape index (κ2) is 13.0. The van der Waals surface area contributed by atoms with Crippen molar-refractivity contribution >= 4 is 44.4 Å². The van der Waals surface area contributed by atoms with Crippen LogP contribution in [0.1, 0.15) is 48.9 Å².